The SMILES string of the molecule is C=CCSc1ccccc1NCc1coc2ccccc12. The van der Waals surface area contributed by atoms with Crippen LogP contribution >= 0.6 is 11.8 Å². The average Bonchev–Trinajstić information content (AvgIpc) is 2.95. The minimum atomic E-state index is 0.753. The number of nitrogens with one attached hydrogen (secondary N) is 1. The molecular formula is C18H17NOS. The van der Waals surface area contributed by atoms with E-state index in [0.717, 1.165) is 23.6 Å². The van der Waals surface area contributed by atoms with Gasteiger partial charge in [-0.15, -0.1) is 18.3 Å². The zero-order chi connectivity index (χ0) is 14.5. The number of rotatable bonds is 6. The van der Waals surface area contributed by atoms with Crippen molar-refractivity contribution in [2.45, 2.75) is 11.4 Å². The second-order valence-corrected chi connectivity index (χ2v) is 5.77. The van der Waals surface area contributed by atoms with Gasteiger partial charge >= 0.3 is 0 Å². The van der Waals surface area contributed by atoms with Crippen molar-refractivity contribution in [1.82, 2.24) is 0 Å². The molecule has 3 heteroatoms. The van der Waals surface area contributed by atoms with Crippen molar-refractivity contribution in [3.63, 3.8) is 0 Å². The Morgan fingerprint density at radius 1 is 1.10 bits per heavy atom. The van der Waals surface area contributed by atoms with E-state index in [1.807, 2.05) is 36.6 Å². The van der Waals surface area contributed by atoms with Crippen LogP contribution in [0.25, 0.3) is 11.0 Å². The summed E-state index contributed by atoms with van der Waals surface area (Å²) in [6, 6.07) is 16.5. The number of anilines is 1. The van der Waals surface area contributed by atoms with Gasteiger partial charge in [0, 0.05) is 33.8 Å². The first-order chi connectivity index (χ1) is 10.4. The standard InChI is InChI=1S/C18H17NOS/c1-2-11-21-18-10-6-4-8-16(18)19-12-14-13-20-17-9-5-3-7-15(14)17/h2-10,13,19H,1,11-12H2. The predicted molar refractivity (Wildman–Crippen MR) is 90.9 cm³/mol. The summed E-state index contributed by atoms with van der Waals surface area (Å²) in [5, 5.41) is 4.67. The Labute approximate surface area is 128 Å². The molecule has 1 N–H and O–H groups in total. The molecule has 2 nitrogen and oxygen atoms in total. The van der Waals surface area contributed by atoms with Gasteiger partial charge in [-0.05, 0) is 18.2 Å². The number of furan rings is 1. The molecule has 106 valence electrons. The van der Waals surface area contributed by atoms with Crippen LogP contribution in [-0.4, -0.2) is 5.75 Å². The molecule has 0 amide bonds. The van der Waals surface area contributed by atoms with Gasteiger partial charge in [0.2, 0.25) is 0 Å². The van der Waals surface area contributed by atoms with Gasteiger partial charge in [-0.1, -0.05) is 36.4 Å². The Hall–Kier alpha value is -2.13. The molecule has 0 unspecified atom stereocenters. The molecule has 0 aliphatic heterocycles. The number of hydrogen-bond donors (Lipinski definition) is 1. The Bertz CT molecular complexity index is 748. The monoisotopic (exact) mass is 295 g/mol. The fourth-order valence-electron chi connectivity index (χ4n) is 2.25. The van der Waals surface area contributed by atoms with Gasteiger partial charge in [0.25, 0.3) is 0 Å². The van der Waals surface area contributed by atoms with E-state index < -0.39 is 0 Å². The van der Waals surface area contributed by atoms with Gasteiger partial charge < -0.3 is 9.73 Å². The van der Waals surface area contributed by atoms with Crippen molar-refractivity contribution in [2.24, 2.45) is 0 Å². The highest BCUT2D eigenvalue weighted by atomic mass is 32.2. The number of para-hydroxylation sites is 2. The van der Waals surface area contributed by atoms with Crippen LogP contribution in [0, 0.1) is 0 Å². The first-order valence-corrected chi connectivity index (χ1v) is 7.89. The molecule has 3 rings (SSSR count). The fourth-order valence-corrected chi connectivity index (χ4v) is 3.02. The average molecular weight is 295 g/mol. The fraction of sp³-hybridized carbons (Fsp3) is 0.111. The molecule has 0 atom stereocenters. The van der Waals surface area contributed by atoms with Gasteiger partial charge in [0.15, 0.2) is 0 Å². The van der Waals surface area contributed by atoms with Crippen molar-refractivity contribution in [3.05, 3.63) is 73.0 Å². The summed E-state index contributed by atoms with van der Waals surface area (Å²) in [5.74, 6) is 0.910. The zero-order valence-corrected chi connectivity index (χ0v) is 12.5. The minimum Gasteiger partial charge on any atom is -0.464 e. The van der Waals surface area contributed by atoms with Crippen LogP contribution in [0.15, 0.2) is 76.8 Å². The molecule has 0 spiro atoms. The smallest absolute Gasteiger partial charge is 0.134 e. The van der Waals surface area contributed by atoms with E-state index in [0.29, 0.717) is 0 Å². The van der Waals surface area contributed by atoms with E-state index in [1.54, 1.807) is 11.8 Å². The third kappa shape index (κ3) is 3.14. The summed E-state index contributed by atoms with van der Waals surface area (Å²) in [4.78, 5) is 1.24. The van der Waals surface area contributed by atoms with E-state index in [4.69, 9.17) is 4.42 Å². The second-order valence-electron chi connectivity index (χ2n) is 4.71. The quantitative estimate of drug-likeness (QED) is 0.492. The number of hydrogen-bond acceptors (Lipinski definition) is 3. The zero-order valence-electron chi connectivity index (χ0n) is 11.7. The van der Waals surface area contributed by atoms with Crippen molar-refractivity contribution < 1.29 is 4.42 Å². The maximum Gasteiger partial charge on any atom is 0.134 e. The van der Waals surface area contributed by atoms with E-state index in [1.165, 1.54) is 15.8 Å². The molecule has 2 aromatic carbocycles. The first kappa shape index (κ1) is 13.8. The molecule has 21 heavy (non-hydrogen) atoms. The Morgan fingerprint density at radius 2 is 1.90 bits per heavy atom. The van der Waals surface area contributed by atoms with Gasteiger partial charge in [-0.2, -0.15) is 0 Å². The normalized spacial score (nSPS) is 10.7. The number of thioether (sulfide) groups is 1. The van der Waals surface area contributed by atoms with E-state index in [9.17, 15) is 0 Å². The summed E-state index contributed by atoms with van der Waals surface area (Å²) >= 11 is 1.78. The van der Waals surface area contributed by atoms with Crippen molar-refractivity contribution >= 4 is 28.4 Å². The number of benzene rings is 2. The van der Waals surface area contributed by atoms with E-state index in [2.05, 4.69) is 36.2 Å². The molecular weight excluding hydrogens is 278 g/mol. The Morgan fingerprint density at radius 3 is 2.81 bits per heavy atom. The molecule has 0 fully saturated rings. The van der Waals surface area contributed by atoms with Crippen molar-refractivity contribution in [1.29, 1.82) is 0 Å². The van der Waals surface area contributed by atoms with Crippen LogP contribution in [0.4, 0.5) is 5.69 Å². The lowest BCUT2D eigenvalue weighted by Crippen LogP contribution is -1.99. The molecule has 0 radical (unpaired) electrons. The van der Waals surface area contributed by atoms with Gasteiger partial charge in [0.1, 0.15) is 5.58 Å². The molecule has 1 aromatic heterocycles. The maximum atomic E-state index is 5.57. The third-order valence-electron chi connectivity index (χ3n) is 3.27. The van der Waals surface area contributed by atoms with Gasteiger partial charge in [0.05, 0.1) is 6.26 Å². The summed E-state index contributed by atoms with van der Waals surface area (Å²) in [6.07, 6.45) is 3.75. The summed E-state index contributed by atoms with van der Waals surface area (Å²) in [7, 11) is 0. The first-order valence-electron chi connectivity index (χ1n) is 6.90. The van der Waals surface area contributed by atoms with Crippen LogP contribution in [0.3, 0.4) is 0 Å². The van der Waals surface area contributed by atoms with Crippen molar-refractivity contribution in [2.75, 3.05) is 11.1 Å². The van der Waals surface area contributed by atoms with Crippen LogP contribution in [0.5, 0.6) is 0 Å². The maximum absolute atomic E-state index is 5.57. The van der Waals surface area contributed by atoms with Crippen LogP contribution in [-0.2, 0) is 6.54 Å². The Kier molecular flexibility index (Phi) is 4.31. The summed E-state index contributed by atoms with van der Waals surface area (Å²) in [5.41, 5.74) is 3.26. The Balaban J connectivity index is 1.77. The molecule has 0 aliphatic carbocycles. The largest absolute Gasteiger partial charge is 0.464 e. The van der Waals surface area contributed by atoms with Crippen LogP contribution in [0.2, 0.25) is 0 Å². The highest BCUT2D eigenvalue weighted by molar-refractivity contribution is 7.99. The van der Waals surface area contributed by atoms with Crippen LogP contribution < -0.4 is 5.32 Å². The lowest BCUT2D eigenvalue weighted by atomic mass is 10.2. The van der Waals surface area contributed by atoms with Crippen LogP contribution in [0.1, 0.15) is 5.56 Å². The number of fused-ring (bicyclic) bond motifs is 1. The highest BCUT2D eigenvalue weighted by Crippen LogP contribution is 2.28. The second kappa shape index (κ2) is 6.55. The topological polar surface area (TPSA) is 25.2 Å². The third-order valence-corrected chi connectivity index (χ3v) is 4.34. The minimum absolute atomic E-state index is 0.753. The molecule has 3 aromatic rings. The molecule has 1 heterocycles. The van der Waals surface area contributed by atoms with Gasteiger partial charge in [-0.25, -0.2) is 0 Å². The molecule has 0 aliphatic rings. The van der Waals surface area contributed by atoms with Gasteiger partial charge in [-0.3, -0.25) is 0 Å². The lowest BCUT2D eigenvalue weighted by molar-refractivity contribution is 0.611. The van der Waals surface area contributed by atoms with E-state index in [-0.39, 0.29) is 0 Å². The molecule has 0 saturated heterocycles. The van der Waals surface area contributed by atoms with E-state index >= 15 is 0 Å². The lowest BCUT2D eigenvalue weighted by Gasteiger charge is -2.10. The summed E-state index contributed by atoms with van der Waals surface area (Å²) in [6.45, 7) is 4.53. The van der Waals surface area contributed by atoms with Crippen molar-refractivity contribution in [3.8, 4) is 0 Å². The molecule has 0 bridgehead atoms. The molecule has 0 saturated carbocycles. The highest BCUT2D eigenvalue weighted by Gasteiger charge is 2.06. The summed E-state index contributed by atoms with van der Waals surface area (Å²) < 4.78 is 5.57. The predicted octanol–water partition coefficient (Wildman–Crippen LogP) is 5.32.